The Hall–Kier alpha value is -6.53. The van der Waals surface area contributed by atoms with Crippen LogP contribution in [0.15, 0.2) is 51.7 Å². The minimum absolute atomic E-state index is 0.0171. The van der Waals surface area contributed by atoms with Crippen LogP contribution >= 0.6 is 0 Å². The van der Waals surface area contributed by atoms with E-state index in [2.05, 4.69) is 4.74 Å². The molecule has 1 aliphatic heterocycles. The molecule has 2 aromatic carbocycles. The topological polar surface area (TPSA) is 210 Å². The second-order valence-electron chi connectivity index (χ2n) is 13.3. The van der Waals surface area contributed by atoms with E-state index >= 15 is 4.39 Å². The average Bonchev–Trinajstić information content (AvgIpc) is 3.16. The standard InChI is InChI=1S/C41H40F2N2O14/c1-22-12-38-28(14-30(22)42)41(29-15-31(43)33(50)16-39(29)59-38)27-6-7-37(32(13-27)45(18-35(52)24(3)47)19-36(53)25(4)48)56-11-10-55-9-8-44(17-34(51)23(2)46)20-40(54)58-21-57-26(5)49/h6-7,12-16H,8-11,17-21H2,1-5H3. The lowest BCUT2D eigenvalue weighted by Gasteiger charge is -2.26. The highest BCUT2D eigenvalue weighted by Gasteiger charge is 2.26. The third-order valence-electron chi connectivity index (χ3n) is 8.73. The van der Waals surface area contributed by atoms with Gasteiger partial charge in [0.15, 0.2) is 23.2 Å². The summed E-state index contributed by atoms with van der Waals surface area (Å²) >= 11 is 0. The van der Waals surface area contributed by atoms with Gasteiger partial charge in [-0.25, -0.2) is 8.78 Å². The quantitative estimate of drug-likeness (QED) is 0.0366. The highest BCUT2D eigenvalue weighted by molar-refractivity contribution is 6.39. The smallest absolute Gasteiger partial charge is 0.323 e. The molecule has 18 heteroatoms. The first-order chi connectivity index (χ1) is 27.9. The average molecular weight is 823 g/mol. The molecular weight excluding hydrogens is 782 g/mol. The zero-order valence-electron chi connectivity index (χ0n) is 32.8. The predicted octanol–water partition coefficient (Wildman–Crippen LogP) is 3.19. The number of fused-ring (bicyclic) bond motifs is 2. The van der Waals surface area contributed by atoms with Crippen molar-refractivity contribution in [1.29, 1.82) is 0 Å². The van der Waals surface area contributed by atoms with E-state index in [0.717, 1.165) is 44.7 Å². The number of hydrogen-bond donors (Lipinski definition) is 0. The van der Waals surface area contributed by atoms with E-state index in [1.807, 2.05) is 0 Å². The molecule has 2 aromatic rings. The minimum Gasteiger partial charge on any atom is -0.489 e. The highest BCUT2D eigenvalue weighted by atomic mass is 19.1. The van der Waals surface area contributed by atoms with Crippen LogP contribution in [0.2, 0.25) is 0 Å². The van der Waals surface area contributed by atoms with E-state index in [4.69, 9.17) is 18.6 Å². The normalized spacial score (nSPS) is 11.1. The van der Waals surface area contributed by atoms with E-state index in [1.54, 1.807) is 0 Å². The molecule has 0 saturated heterocycles. The first-order valence-corrected chi connectivity index (χ1v) is 17.9. The summed E-state index contributed by atoms with van der Waals surface area (Å²) in [5.41, 5.74) is -0.0426. The van der Waals surface area contributed by atoms with Gasteiger partial charge in [-0.2, -0.15) is 0 Å². The number of hydrogen-bond acceptors (Lipinski definition) is 16. The first-order valence-electron chi connectivity index (χ1n) is 17.9. The number of anilines is 1. The predicted molar refractivity (Wildman–Crippen MR) is 204 cm³/mol. The SMILES string of the molecule is CC(=O)OCOC(=O)CN(CCOCCOc1ccc(-c2c3cc(F)c(=O)cc-3oc3cc(C)c(F)cc23)cc1N(CC(=O)C(C)=O)CC(=O)C(C)=O)CC(=O)C(C)=O. The Morgan fingerprint density at radius 1 is 0.712 bits per heavy atom. The van der Waals surface area contributed by atoms with Crippen LogP contribution in [0.3, 0.4) is 0 Å². The van der Waals surface area contributed by atoms with E-state index in [-0.39, 0.29) is 76.8 Å². The van der Waals surface area contributed by atoms with Crippen molar-refractivity contribution in [3.05, 3.63) is 69.9 Å². The summed E-state index contributed by atoms with van der Waals surface area (Å²) in [7, 11) is 0. The molecule has 0 N–H and O–H groups in total. The van der Waals surface area contributed by atoms with Crippen LogP contribution in [0.25, 0.3) is 33.4 Å². The monoisotopic (exact) mass is 822 g/mol. The molecule has 16 nitrogen and oxygen atoms in total. The number of ether oxygens (including phenoxy) is 4. The Kier molecular flexibility index (Phi) is 15.5. The number of esters is 2. The third-order valence-corrected chi connectivity index (χ3v) is 8.73. The number of carbonyl (C=O) groups excluding carboxylic acids is 8. The molecule has 0 spiro atoms. The summed E-state index contributed by atoms with van der Waals surface area (Å²) < 4.78 is 56.8. The molecule has 312 valence electrons. The van der Waals surface area contributed by atoms with Crippen molar-refractivity contribution in [2.75, 3.05) is 64.2 Å². The largest absolute Gasteiger partial charge is 0.489 e. The molecule has 1 aliphatic carbocycles. The Morgan fingerprint density at radius 3 is 1.98 bits per heavy atom. The van der Waals surface area contributed by atoms with Crippen molar-refractivity contribution in [2.45, 2.75) is 34.6 Å². The van der Waals surface area contributed by atoms with Crippen molar-refractivity contribution in [3.63, 3.8) is 0 Å². The van der Waals surface area contributed by atoms with E-state index < -0.39 is 96.7 Å². The number of benzene rings is 3. The molecule has 0 aromatic heterocycles. The molecule has 0 bridgehead atoms. The molecule has 4 rings (SSSR count). The molecule has 2 aliphatic rings. The minimum atomic E-state index is -1.12. The Labute approximate surface area is 335 Å². The fourth-order valence-electron chi connectivity index (χ4n) is 5.60. The van der Waals surface area contributed by atoms with Gasteiger partial charge in [0, 0.05) is 56.8 Å². The van der Waals surface area contributed by atoms with Gasteiger partial charge in [-0.05, 0) is 48.4 Å². The number of aryl methyl sites for hydroxylation is 1. The second-order valence-corrected chi connectivity index (χ2v) is 13.3. The Bertz CT molecular complexity index is 2330. The number of halogens is 2. The van der Waals surface area contributed by atoms with Gasteiger partial charge < -0.3 is 28.3 Å². The maximum Gasteiger partial charge on any atom is 0.323 e. The van der Waals surface area contributed by atoms with Gasteiger partial charge in [0.05, 0.1) is 45.1 Å². The molecule has 1 heterocycles. The van der Waals surface area contributed by atoms with Crippen molar-refractivity contribution in [2.24, 2.45) is 0 Å². The van der Waals surface area contributed by atoms with Gasteiger partial charge in [-0.3, -0.25) is 48.1 Å². The maximum atomic E-state index is 15.1. The number of rotatable bonds is 22. The van der Waals surface area contributed by atoms with Crippen LogP contribution in [0, 0.1) is 18.6 Å². The van der Waals surface area contributed by atoms with Crippen LogP contribution in [0.5, 0.6) is 5.75 Å². The summed E-state index contributed by atoms with van der Waals surface area (Å²) in [5, 5.41) is 0.176. The molecule has 0 saturated carbocycles. The number of nitrogens with zero attached hydrogens (tertiary/aromatic N) is 2. The third kappa shape index (κ3) is 12.2. The summed E-state index contributed by atoms with van der Waals surface area (Å²) in [4.78, 5) is 111. The Morgan fingerprint density at radius 2 is 1.36 bits per heavy atom. The first kappa shape index (κ1) is 45.2. The summed E-state index contributed by atoms with van der Waals surface area (Å²) in [6.07, 6.45) is 0. The molecule has 0 atom stereocenters. The second kappa shape index (κ2) is 20.2. The van der Waals surface area contributed by atoms with Gasteiger partial charge in [-0.15, -0.1) is 0 Å². The van der Waals surface area contributed by atoms with E-state index in [0.29, 0.717) is 0 Å². The zero-order valence-corrected chi connectivity index (χ0v) is 32.8. The van der Waals surface area contributed by atoms with Crippen molar-refractivity contribution >= 4 is 63.3 Å². The van der Waals surface area contributed by atoms with Crippen LogP contribution < -0.4 is 15.1 Å². The fourth-order valence-corrected chi connectivity index (χ4v) is 5.60. The van der Waals surface area contributed by atoms with Gasteiger partial charge in [0.2, 0.25) is 29.6 Å². The van der Waals surface area contributed by atoms with Crippen LogP contribution in [0.4, 0.5) is 14.5 Å². The maximum absolute atomic E-state index is 15.1. The molecular formula is C41H40F2N2O14. The summed E-state index contributed by atoms with van der Waals surface area (Å²) in [6.45, 7) is 2.48. The molecule has 0 amide bonds. The van der Waals surface area contributed by atoms with Gasteiger partial charge in [0.1, 0.15) is 29.5 Å². The summed E-state index contributed by atoms with van der Waals surface area (Å²) in [5.74, 6) is -8.29. The zero-order chi connectivity index (χ0) is 43.6. The van der Waals surface area contributed by atoms with Crippen LogP contribution in [-0.2, 0) is 52.6 Å². The molecule has 0 unspecified atom stereocenters. The van der Waals surface area contributed by atoms with Crippen molar-refractivity contribution in [1.82, 2.24) is 4.90 Å². The number of carbonyl (C=O) groups is 8. The summed E-state index contributed by atoms with van der Waals surface area (Å²) in [6, 6.07) is 8.83. The lowest BCUT2D eigenvalue weighted by atomic mass is 9.92. The molecule has 59 heavy (non-hydrogen) atoms. The fraction of sp³-hybridized carbons (Fsp3) is 0.341. The van der Waals surface area contributed by atoms with E-state index in [1.165, 1.54) is 42.2 Å². The molecule has 0 radical (unpaired) electrons. The Balaban J connectivity index is 1.68. The van der Waals surface area contributed by atoms with E-state index in [9.17, 15) is 47.5 Å². The number of Topliss-reactive ketones (excluding diaryl/α,β-unsaturated/α-hetero) is 6. The number of ketones is 6. The lowest BCUT2D eigenvalue weighted by Crippen LogP contribution is -2.39. The van der Waals surface area contributed by atoms with Crippen molar-refractivity contribution < 1.29 is 70.5 Å². The lowest BCUT2D eigenvalue weighted by molar-refractivity contribution is -0.166. The van der Waals surface area contributed by atoms with Gasteiger partial charge in [-0.1, -0.05) is 6.07 Å². The van der Waals surface area contributed by atoms with Crippen molar-refractivity contribution in [3.8, 4) is 28.2 Å². The molecule has 0 fully saturated rings. The highest BCUT2D eigenvalue weighted by Crippen LogP contribution is 2.43. The van der Waals surface area contributed by atoms with Crippen LogP contribution in [-0.4, -0.2) is 111 Å². The van der Waals surface area contributed by atoms with Gasteiger partial charge >= 0.3 is 11.9 Å². The van der Waals surface area contributed by atoms with Gasteiger partial charge in [0.25, 0.3) is 0 Å². The van der Waals surface area contributed by atoms with Crippen LogP contribution in [0.1, 0.15) is 33.3 Å².